The van der Waals surface area contributed by atoms with Crippen LogP contribution in [0.5, 0.6) is 0 Å². The zero-order chi connectivity index (χ0) is 25.2. The second-order valence-corrected chi connectivity index (χ2v) is 10.2. The maximum absolute atomic E-state index is 12.8. The lowest BCUT2D eigenvalue weighted by molar-refractivity contribution is -0.120. The maximum atomic E-state index is 12.8. The molecule has 1 N–H and O–H groups in total. The summed E-state index contributed by atoms with van der Waals surface area (Å²) in [4.78, 5) is 28.0. The zero-order valence-electron chi connectivity index (χ0n) is 21.4. The van der Waals surface area contributed by atoms with Crippen LogP contribution in [0.3, 0.4) is 0 Å². The minimum absolute atomic E-state index is 0.0288. The Morgan fingerprint density at radius 1 is 1.03 bits per heavy atom. The van der Waals surface area contributed by atoms with Gasteiger partial charge >= 0.3 is 5.63 Å². The van der Waals surface area contributed by atoms with Crippen LogP contribution in [0.4, 0.5) is 0 Å². The molecule has 5 rings (SSSR count). The number of furan rings is 1. The van der Waals surface area contributed by atoms with Crippen LogP contribution < -0.4 is 10.9 Å². The second-order valence-electron chi connectivity index (χ2n) is 10.2. The van der Waals surface area contributed by atoms with Gasteiger partial charge < -0.3 is 14.2 Å². The van der Waals surface area contributed by atoms with Crippen LogP contribution >= 0.6 is 0 Å². The average Bonchev–Trinajstić information content (AvgIpc) is 3.25. The molecule has 2 aromatic heterocycles. The number of benzene rings is 2. The summed E-state index contributed by atoms with van der Waals surface area (Å²) in [7, 11) is 0. The molecule has 0 saturated carbocycles. The fourth-order valence-electron chi connectivity index (χ4n) is 5.44. The molecule has 6 nitrogen and oxygen atoms in total. The van der Waals surface area contributed by atoms with Gasteiger partial charge in [-0.3, -0.25) is 9.69 Å². The Balaban J connectivity index is 1.17. The molecule has 1 amide bonds. The summed E-state index contributed by atoms with van der Waals surface area (Å²) in [5.74, 6) is 0.483. The van der Waals surface area contributed by atoms with Crippen LogP contribution in [0.2, 0.25) is 0 Å². The van der Waals surface area contributed by atoms with Crippen molar-refractivity contribution in [2.24, 2.45) is 5.92 Å². The predicted octanol–water partition coefficient (Wildman–Crippen LogP) is 5.43. The summed E-state index contributed by atoms with van der Waals surface area (Å²) in [5, 5.41) is 4.89. The molecule has 0 atom stereocenters. The third kappa shape index (κ3) is 4.96. The van der Waals surface area contributed by atoms with Crippen LogP contribution in [0, 0.1) is 26.7 Å². The van der Waals surface area contributed by atoms with Gasteiger partial charge in [-0.25, -0.2) is 4.79 Å². The van der Waals surface area contributed by atoms with Crippen molar-refractivity contribution in [3.8, 4) is 0 Å². The number of nitrogens with one attached hydrogen (secondary N) is 1. The molecule has 3 heterocycles. The number of likely N-dealkylation sites (tertiary alicyclic amines) is 1. The molecule has 0 bridgehead atoms. The van der Waals surface area contributed by atoms with Gasteiger partial charge in [0.15, 0.2) is 0 Å². The highest BCUT2D eigenvalue weighted by Crippen LogP contribution is 2.32. The normalized spacial score (nSPS) is 15.1. The number of carbonyl (C=O) groups excluding carboxylic acids is 1. The minimum atomic E-state index is -0.452. The van der Waals surface area contributed by atoms with E-state index in [1.165, 1.54) is 5.56 Å². The van der Waals surface area contributed by atoms with E-state index >= 15 is 0 Å². The van der Waals surface area contributed by atoms with E-state index in [2.05, 4.69) is 40.5 Å². The average molecular weight is 487 g/mol. The summed E-state index contributed by atoms with van der Waals surface area (Å²) >= 11 is 0. The molecule has 1 aliphatic heterocycles. The maximum Gasteiger partial charge on any atom is 0.340 e. The monoisotopic (exact) mass is 486 g/mol. The number of hydrogen-bond donors (Lipinski definition) is 1. The summed E-state index contributed by atoms with van der Waals surface area (Å²) in [6, 6.07) is 12.6. The Labute approximate surface area is 211 Å². The number of nitrogens with zero attached hydrogens (tertiary/aromatic N) is 1. The van der Waals surface area contributed by atoms with E-state index in [0.29, 0.717) is 23.6 Å². The first-order valence-corrected chi connectivity index (χ1v) is 12.9. The molecule has 0 spiro atoms. The van der Waals surface area contributed by atoms with Crippen molar-refractivity contribution in [1.29, 1.82) is 0 Å². The molecule has 188 valence electrons. The van der Waals surface area contributed by atoms with Crippen LogP contribution in [0.15, 0.2) is 56.3 Å². The molecule has 0 unspecified atom stereocenters. The van der Waals surface area contributed by atoms with E-state index in [1.54, 1.807) is 6.26 Å². The molecular weight excluding hydrogens is 452 g/mol. The molecule has 1 aliphatic rings. The van der Waals surface area contributed by atoms with Gasteiger partial charge in [-0.05, 0) is 81.8 Å². The molecule has 1 fully saturated rings. The van der Waals surface area contributed by atoms with Gasteiger partial charge in [-0.1, -0.05) is 30.3 Å². The first-order valence-electron chi connectivity index (χ1n) is 12.9. The highest BCUT2D eigenvalue weighted by Gasteiger charge is 2.21. The van der Waals surface area contributed by atoms with E-state index in [4.69, 9.17) is 8.83 Å². The number of fused-ring (bicyclic) bond motifs is 2. The summed E-state index contributed by atoms with van der Waals surface area (Å²) in [5.41, 5.74) is 5.23. The molecule has 36 heavy (non-hydrogen) atoms. The first kappa shape index (κ1) is 24.3. The Kier molecular flexibility index (Phi) is 6.97. The van der Waals surface area contributed by atoms with Crippen molar-refractivity contribution < 1.29 is 13.6 Å². The van der Waals surface area contributed by atoms with Crippen LogP contribution in [0.1, 0.15) is 47.1 Å². The van der Waals surface area contributed by atoms with Crippen molar-refractivity contribution in [2.75, 3.05) is 19.6 Å². The van der Waals surface area contributed by atoms with Gasteiger partial charge in [0.2, 0.25) is 5.91 Å². The summed E-state index contributed by atoms with van der Waals surface area (Å²) in [6.07, 6.45) is 5.01. The number of rotatable bonds is 7. The highest BCUT2D eigenvalue weighted by molar-refractivity contribution is 6.00. The fourth-order valence-corrected chi connectivity index (χ4v) is 5.44. The lowest BCUT2D eigenvalue weighted by atomic mass is 9.93. The Bertz CT molecular complexity index is 1440. The lowest BCUT2D eigenvalue weighted by Gasteiger charge is -2.32. The highest BCUT2D eigenvalue weighted by atomic mass is 16.4. The number of carbonyl (C=O) groups is 1. The third-order valence-corrected chi connectivity index (χ3v) is 7.70. The third-order valence-electron chi connectivity index (χ3n) is 7.70. The summed E-state index contributed by atoms with van der Waals surface area (Å²) in [6.45, 7) is 9.60. The van der Waals surface area contributed by atoms with E-state index in [9.17, 15) is 9.59 Å². The van der Waals surface area contributed by atoms with Gasteiger partial charge in [0.05, 0.1) is 18.2 Å². The van der Waals surface area contributed by atoms with Crippen molar-refractivity contribution in [2.45, 2.75) is 53.0 Å². The second kappa shape index (κ2) is 10.3. The predicted molar refractivity (Wildman–Crippen MR) is 142 cm³/mol. The van der Waals surface area contributed by atoms with Gasteiger partial charge in [-0.2, -0.15) is 0 Å². The molecule has 6 heteroatoms. The number of aryl methyl sites for hydroxylation is 3. The topological polar surface area (TPSA) is 75.7 Å². The number of amides is 1. The quantitative estimate of drug-likeness (QED) is 0.353. The van der Waals surface area contributed by atoms with E-state index < -0.39 is 5.63 Å². The van der Waals surface area contributed by atoms with Crippen molar-refractivity contribution >= 4 is 27.8 Å². The van der Waals surface area contributed by atoms with E-state index in [0.717, 1.165) is 71.9 Å². The fraction of sp³-hybridized carbons (Fsp3) is 0.400. The van der Waals surface area contributed by atoms with Crippen molar-refractivity contribution in [3.63, 3.8) is 0 Å². The van der Waals surface area contributed by atoms with Crippen molar-refractivity contribution in [3.05, 3.63) is 80.9 Å². The van der Waals surface area contributed by atoms with Gasteiger partial charge in [0.1, 0.15) is 11.2 Å². The molecule has 0 radical (unpaired) electrons. The molecule has 1 saturated heterocycles. The van der Waals surface area contributed by atoms with Crippen LogP contribution in [-0.4, -0.2) is 30.4 Å². The van der Waals surface area contributed by atoms with Crippen LogP contribution in [-0.2, 0) is 17.8 Å². The zero-order valence-corrected chi connectivity index (χ0v) is 21.4. The van der Waals surface area contributed by atoms with Crippen molar-refractivity contribution in [1.82, 2.24) is 10.2 Å². The van der Waals surface area contributed by atoms with Gasteiger partial charge in [-0.15, -0.1) is 0 Å². The molecular formula is C30H34N2O4. The largest absolute Gasteiger partial charge is 0.464 e. The SMILES string of the molecule is Cc1coc2c(C)c3oc(=O)c(CC(=O)NCCC4CCN(Cc5ccccc5)CC4)c(C)c3cc12. The molecule has 2 aromatic carbocycles. The molecule has 0 aliphatic carbocycles. The smallest absolute Gasteiger partial charge is 0.340 e. The van der Waals surface area contributed by atoms with Gasteiger partial charge in [0.25, 0.3) is 0 Å². The number of piperidine rings is 1. The van der Waals surface area contributed by atoms with Gasteiger partial charge in [0, 0.05) is 29.4 Å². The Hall–Kier alpha value is -3.38. The lowest BCUT2D eigenvalue weighted by Crippen LogP contribution is -2.35. The first-order chi connectivity index (χ1) is 17.4. The number of hydrogen-bond acceptors (Lipinski definition) is 5. The van der Waals surface area contributed by atoms with E-state index in [1.807, 2.05) is 26.8 Å². The Morgan fingerprint density at radius 3 is 2.53 bits per heavy atom. The van der Waals surface area contributed by atoms with E-state index in [-0.39, 0.29) is 12.3 Å². The molecule has 4 aromatic rings. The van der Waals surface area contributed by atoms with Crippen LogP contribution in [0.25, 0.3) is 21.9 Å². The Morgan fingerprint density at radius 2 is 1.78 bits per heavy atom. The summed E-state index contributed by atoms with van der Waals surface area (Å²) < 4.78 is 11.3. The standard InChI is InChI=1S/C30H34N2O4/c1-19-18-35-28-21(3)29-25(15-24(19)28)20(2)26(30(34)36-29)16-27(33)31-12-9-22-10-13-32(14-11-22)17-23-7-5-4-6-8-23/h4-8,15,18,22H,9-14,16-17H2,1-3H3,(H,31,33). The minimum Gasteiger partial charge on any atom is -0.464 e.